The van der Waals surface area contributed by atoms with Gasteiger partial charge in [0.15, 0.2) is 6.29 Å². The van der Waals surface area contributed by atoms with E-state index >= 15 is 0 Å². The standard InChI is InChI=1S/C10H18O2.2C5H12/c1-5-9-6(2)8(4)12-10(11)7(9)3;2*1-3-5-4-2/h7,9-11H,5H2,1-4H3;2*3-5H2,1-2H3. The highest BCUT2D eigenvalue weighted by Gasteiger charge is 2.31. The van der Waals surface area contributed by atoms with E-state index in [-0.39, 0.29) is 5.92 Å². The Morgan fingerprint density at radius 3 is 1.55 bits per heavy atom. The second-order valence-corrected chi connectivity index (χ2v) is 6.33. The van der Waals surface area contributed by atoms with Crippen molar-refractivity contribution < 1.29 is 9.84 Å². The van der Waals surface area contributed by atoms with E-state index < -0.39 is 6.29 Å². The molecule has 0 aromatic carbocycles. The number of rotatable bonds is 5. The van der Waals surface area contributed by atoms with Gasteiger partial charge >= 0.3 is 0 Å². The van der Waals surface area contributed by atoms with Gasteiger partial charge in [-0.05, 0) is 31.8 Å². The second kappa shape index (κ2) is 15.4. The van der Waals surface area contributed by atoms with Crippen molar-refractivity contribution in [1.82, 2.24) is 0 Å². The van der Waals surface area contributed by atoms with Crippen LogP contribution in [0.5, 0.6) is 0 Å². The molecule has 0 aromatic rings. The van der Waals surface area contributed by atoms with Crippen LogP contribution in [0.25, 0.3) is 0 Å². The number of ether oxygens (including phenoxy) is 1. The van der Waals surface area contributed by atoms with Crippen LogP contribution in [0.2, 0.25) is 0 Å². The van der Waals surface area contributed by atoms with Crippen molar-refractivity contribution in [2.24, 2.45) is 11.8 Å². The Bertz CT molecular complexity index is 261. The minimum atomic E-state index is -0.612. The second-order valence-electron chi connectivity index (χ2n) is 6.33. The summed E-state index contributed by atoms with van der Waals surface area (Å²) >= 11 is 0. The van der Waals surface area contributed by atoms with E-state index in [4.69, 9.17) is 4.74 Å². The monoisotopic (exact) mass is 314 g/mol. The highest BCUT2D eigenvalue weighted by atomic mass is 16.6. The molecule has 1 N–H and O–H groups in total. The Hall–Kier alpha value is -0.500. The minimum absolute atomic E-state index is 0.221. The molecule has 3 atom stereocenters. The predicted octanol–water partition coefficient (Wildman–Crippen LogP) is 6.68. The Kier molecular flexibility index (Phi) is 16.6. The summed E-state index contributed by atoms with van der Waals surface area (Å²) in [4.78, 5) is 0. The molecule has 0 saturated heterocycles. The molecule has 0 saturated carbocycles. The fourth-order valence-electron chi connectivity index (χ4n) is 2.62. The molecule has 0 radical (unpaired) electrons. The summed E-state index contributed by atoms with van der Waals surface area (Å²) in [5.74, 6) is 1.60. The van der Waals surface area contributed by atoms with Gasteiger partial charge in [0, 0.05) is 5.92 Å². The molecular weight excluding hydrogens is 272 g/mol. The van der Waals surface area contributed by atoms with Crippen LogP contribution in [0.1, 0.15) is 100 Å². The van der Waals surface area contributed by atoms with Gasteiger partial charge in [0.1, 0.15) is 0 Å². The van der Waals surface area contributed by atoms with Crippen LogP contribution < -0.4 is 0 Å². The smallest absolute Gasteiger partial charge is 0.200 e. The third-order valence-corrected chi connectivity index (χ3v) is 4.35. The number of allylic oxidation sites excluding steroid dienone is 2. The molecule has 134 valence electrons. The first-order valence-electron chi connectivity index (χ1n) is 9.42. The molecule has 0 bridgehead atoms. The van der Waals surface area contributed by atoms with Crippen molar-refractivity contribution in [2.75, 3.05) is 0 Å². The Balaban J connectivity index is 0. The summed E-state index contributed by atoms with van der Waals surface area (Å²) in [6, 6.07) is 0. The summed E-state index contributed by atoms with van der Waals surface area (Å²) < 4.78 is 5.28. The van der Waals surface area contributed by atoms with E-state index in [0.29, 0.717) is 5.92 Å². The topological polar surface area (TPSA) is 29.5 Å². The van der Waals surface area contributed by atoms with Gasteiger partial charge in [-0.25, -0.2) is 0 Å². The third-order valence-electron chi connectivity index (χ3n) is 4.35. The van der Waals surface area contributed by atoms with E-state index in [1.54, 1.807) is 0 Å². The van der Waals surface area contributed by atoms with Crippen molar-refractivity contribution in [3.8, 4) is 0 Å². The zero-order valence-corrected chi connectivity index (χ0v) is 16.5. The van der Waals surface area contributed by atoms with Crippen LogP contribution in [-0.2, 0) is 4.74 Å². The molecule has 0 spiro atoms. The van der Waals surface area contributed by atoms with Crippen molar-refractivity contribution in [3.05, 3.63) is 11.3 Å². The van der Waals surface area contributed by atoms with E-state index in [1.165, 1.54) is 44.1 Å². The van der Waals surface area contributed by atoms with E-state index in [2.05, 4.69) is 41.5 Å². The molecule has 0 amide bonds. The Morgan fingerprint density at radius 1 is 0.864 bits per heavy atom. The average Bonchev–Trinajstić information content (AvgIpc) is 2.49. The van der Waals surface area contributed by atoms with Crippen molar-refractivity contribution >= 4 is 0 Å². The summed E-state index contributed by atoms with van der Waals surface area (Å²) in [6.07, 6.45) is 8.61. The van der Waals surface area contributed by atoms with Gasteiger partial charge < -0.3 is 9.84 Å². The van der Waals surface area contributed by atoms with E-state index in [0.717, 1.165) is 12.2 Å². The van der Waals surface area contributed by atoms with Gasteiger partial charge in [-0.2, -0.15) is 0 Å². The molecule has 0 aliphatic carbocycles. The van der Waals surface area contributed by atoms with Gasteiger partial charge in [0.05, 0.1) is 5.76 Å². The van der Waals surface area contributed by atoms with Crippen molar-refractivity contribution in [2.45, 2.75) is 107 Å². The number of aliphatic hydroxyl groups is 1. The lowest BCUT2D eigenvalue weighted by Crippen LogP contribution is -2.32. The SMILES string of the molecule is CCC1C(C)=C(C)OC(O)C1C.CCCCC.CCCCC. The van der Waals surface area contributed by atoms with E-state index in [9.17, 15) is 5.11 Å². The quantitative estimate of drug-likeness (QED) is 0.613. The molecule has 3 unspecified atom stereocenters. The summed E-state index contributed by atoms with van der Waals surface area (Å²) in [5.41, 5.74) is 1.29. The van der Waals surface area contributed by atoms with Gasteiger partial charge in [0.25, 0.3) is 0 Å². The molecule has 0 fully saturated rings. The number of aliphatic hydroxyl groups excluding tert-OH is 1. The number of hydrogen-bond acceptors (Lipinski definition) is 2. The average molecular weight is 315 g/mol. The van der Waals surface area contributed by atoms with Crippen LogP contribution in [-0.4, -0.2) is 11.4 Å². The fourth-order valence-corrected chi connectivity index (χ4v) is 2.62. The molecule has 22 heavy (non-hydrogen) atoms. The highest BCUT2D eigenvalue weighted by molar-refractivity contribution is 5.12. The zero-order valence-electron chi connectivity index (χ0n) is 16.5. The van der Waals surface area contributed by atoms with Crippen LogP contribution in [0.15, 0.2) is 11.3 Å². The maximum atomic E-state index is 9.51. The fraction of sp³-hybridized carbons (Fsp3) is 0.900. The molecule has 1 aliphatic heterocycles. The Labute approximate surface area is 140 Å². The lowest BCUT2D eigenvalue weighted by molar-refractivity contribution is -0.124. The van der Waals surface area contributed by atoms with Crippen LogP contribution >= 0.6 is 0 Å². The first-order valence-corrected chi connectivity index (χ1v) is 9.42. The predicted molar refractivity (Wildman–Crippen MR) is 98.8 cm³/mol. The van der Waals surface area contributed by atoms with Gasteiger partial charge in [-0.3, -0.25) is 0 Å². The van der Waals surface area contributed by atoms with Crippen LogP contribution in [0, 0.1) is 11.8 Å². The first-order chi connectivity index (χ1) is 10.4. The van der Waals surface area contributed by atoms with Crippen LogP contribution in [0.3, 0.4) is 0 Å². The molecule has 1 heterocycles. The maximum Gasteiger partial charge on any atom is 0.200 e. The maximum absolute atomic E-state index is 9.51. The lowest BCUT2D eigenvalue weighted by Gasteiger charge is -2.34. The molecule has 2 nitrogen and oxygen atoms in total. The van der Waals surface area contributed by atoms with Gasteiger partial charge in [-0.1, -0.05) is 80.1 Å². The molecule has 1 rings (SSSR count). The molecule has 0 aromatic heterocycles. The van der Waals surface area contributed by atoms with Gasteiger partial charge in [0.2, 0.25) is 0 Å². The summed E-state index contributed by atoms with van der Waals surface area (Å²) in [6.45, 7) is 17.0. The largest absolute Gasteiger partial charge is 0.470 e. The molecule has 2 heteroatoms. The minimum Gasteiger partial charge on any atom is -0.470 e. The zero-order chi connectivity index (χ0) is 17.5. The third kappa shape index (κ3) is 10.3. The number of unbranched alkanes of at least 4 members (excludes halogenated alkanes) is 4. The van der Waals surface area contributed by atoms with Gasteiger partial charge in [-0.15, -0.1) is 0 Å². The Morgan fingerprint density at radius 2 is 1.27 bits per heavy atom. The van der Waals surface area contributed by atoms with Crippen molar-refractivity contribution in [1.29, 1.82) is 0 Å². The highest BCUT2D eigenvalue weighted by Crippen LogP contribution is 2.34. The van der Waals surface area contributed by atoms with Crippen molar-refractivity contribution in [3.63, 3.8) is 0 Å². The molecule has 1 aliphatic rings. The number of hydrogen-bond donors (Lipinski definition) is 1. The first kappa shape index (κ1) is 23.8. The molecular formula is C20H42O2. The van der Waals surface area contributed by atoms with Crippen LogP contribution in [0.4, 0.5) is 0 Å². The summed E-state index contributed by atoms with van der Waals surface area (Å²) in [5, 5.41) is 9.51. The summed E-state index contributed by atoms with van der Waals surface area (Å²) in [7, 11) is 0. The lowest BCUT2D eigenvalue weighted by atomic mass is 9.83. The van der Waals surface area contributed by atoms with E-state index in [1.807, 2.05) is 13.8 Å². The normalized spacial score (nSPS) is 23.8.